The molecule has 0 saturated carbocycles. The van der Waals surface area contributed by atoms with Crippen molar-refractivity contribution in [1.82, 2.24) is 4.90 Å². The van der Waals surface area contributed by atoms with Crippen LogP contribution in [0.25, 0.3) is 0 Å². The summed E-state index contributed by atoms with van der Waals surface area (Å²) in [6.45, 7) is 2.54. The molecule has 0 bridgehead atoms. The van der Waals surface area contributed by atoms with E-state index in [1.54, 1.807) is 43.2 Å². The highest BCUT2D eigenvalue weighted by molar-refractivity contribution is 6.36. The van der Waals surface area contributed by atoms with Gasteiger partial charge in [-0.1, -0.05) is 23.2 Å². The monoisotopic (exact) mass is 392 g/mol. The van der Waals surface area contributed by atoms with E-state index in [0.717, 1.165) is 11.4 Å². The number of carbonyl (C=O) groups excluding carboxylic acids is 2. The SMILES string of the molecule is COc1ccc(N2CCN(C(=O)c3ccc(Cl)cc3Cl)C(C)C2=O)cc1. The summed E-state index contributed by atoms with van der Waals surface area (Å²) in [5.74, 6) is 0.308. The number of halogens is 2. The number of benzene rings is 2. The lowest BCUT2D eigenvalue weighted by atomic mass is 10.1. The van der Waals surface area contributed by atoms with Gasteiger partial charge in [-0.05, 0) is 49.4 Å². The van der Waals surface area contributed by atoms with Crippen LogP contribution in [0.2, 0.25) is 10.0 Å². The van der Waals surface area contributed by atoms with Gasteiger partial charge in [-0.15, -0.1) is 0 Å². The lowest BCUT2D eigenvalue weighted by Crippen LogP contribution is -2.57. The van der Waals surface area contributed by atoms with E-state index >= 15 is 0 Å². The third-order valence-electron chi connectivity index (χ3n) is 4.46. The van der Waals surface area contributed by atoms with Gasteiger partial charge in [0.2, 0.25) is 5.91 Å². The maximum absolute atomic E-state index is 12.8. The van der Waals surface area contributed by atoms with E-state index in [2.05, 4.69) is 0 Å². The second-order valence-corrected chi connectivity index (χ2v) is 6.83. The van der Waals surface area contributed by atoms with Crippen molar-refractivity contribution in [2.45, 2.75) is 13.0 Å². The fourth-order valence-electron chi connectivity index (χ4n) is 2.98. The molecule has 2 amide bonds. The van der Waals surface area contributed by atoms with Crippen molar-refractivity contribution < 1.29 is 14.3 Å². The molecule has 1 saturated heterocycles. The minimum absolute atomic E-state index is 0.139. The van der Waals surface area contributed by atoms with E-state index in [1.807, 2.05) is 12.1 Å². The number of piperazine rings is 1. The van der Waals surface area contributed by atoms with Crippen molar-refractivity contribution in [2.24, 2.45) is 0 Å². The van der Waals surface area contributed by atoms with Gasteiger partial charge in [0.25, 0.3) is 5.91 Å². The summed E-state index contributed by atoms with van der Waals surface area (Å²) in [7, 11) is 1.59. The van der Waals surface area contributed by atoms with Crippen LogP contribution in [0, 0.1) is 0 Å². The quantitative estimate of drug-likeness (QED) is 0.796. The fourth-order valence-corrected chi connectivity index (χ4v) is 3.47. The van der Waals surface area contributed by atoms with Crippen LogP contribution < -0.4 is 9.64 Å². The van der Waals surface area contributed by atoms with Gasteiger partial charge in [-0.25, -0.2) is 0 Å². The Morgan fingerprint density at radius 3 is 2.42 bits per heavy atom. The molecule has 1 aliphatic heterocycles. The summed E-state index contributed by atoms with van der Waals surface area (Å²) in [6.07, 6.45) is 0. The molecule has 26 heavy (non-hydrogen) atoms. The van der Waals surface area contributed by atoms with Gasteiger partial charge in [0.1, 0.15) is 11.8 Å². The first-order valence-corrected chi connectivity index (χ1v) is 8.89. The normalized spacial score (nSPS) is 17.4. The van der Waals surface area contributed by atoms with Crippen LogP contribution in [0.1, 0.15) is 17.3 Å². The van der Waals surface area contributed by atoms with Gasteiger partial charge >= 0.3 is 0 Å². The highest BCUT2D eigenvalue weighted by atomic mass is 35.5. The zero-order chi connectivity index (χ0) is 18.8. The first-order valence-electron chi connectivity index (χ1n) is 8.14. The maximum Gasteiger partial charge on any atom is 0.256 e. The highest BCUT2D eigenvalue weighted by Gasteiger charge is 2.35. The van der Waals surface area contributed by atoms with Gasteiger partial charge < -0.3 is 14.5 Å². The van der Waals surface area contributed by atoms with Crippen LogP contribution in [0.3, 0.4) is 0 Å². The van der Waals surface area contributed by atoms with Gasteiger partial charge in [-0.3, -0.25) is 9.59 Å². The number of rotatable bonds is 3. The smallest absolute Gasteiger partial charge is 0.256 e. The zero-order valence-electron chi connectivity index (χ0n) is 14.4. The molecule has 1 fully saturated rings. The fraction of sp³-hybridized carbons (Fsp3) is 0.263. The van der Waals surface area contributed by atoms with E-state index in [1.165, 1.54) is 11.0 Å². The Hall–Kier alpha value is -2.24. The Morgan fingerprint density at radius 2 is 1.81 bits per heavy atom. The third-order valence-corrected chi connectivity index (χ3v) is 5.01. The minimum Gasteiger partial charge on any atom is -0.497 e. The predicted octanol–water partition coefficient (Wildman–Crippen LogP) is 3.88. The molecular formula is C19H18Cl2N2O3. The molecule has 0 radical (unpaired) electrons. The van der Waals surface area contributed by atoms with Crippen molar-refractivity contribution in [3.8, 4) is 5.75 Å². The topological polar surface area (TPSA) is 49.9 Å². The molecule has 1 atom stereocenters. The van der Waals surface area contributed by atoms with E-state index in [-0.39, 0.29) is 16.8 Å². The molecule has 0 spiro atoms. The number of carbonyl (C=O) groups is 2. The van der Waals surface area contributed by atoms with Gasteiger partial charge in [0.05, 0.1) is 17.7 Å². The summed E-state index contributed by atoms with van der Waals surface area (Å²) in [4.78, 5) is 28.9. The van der Waals surface area contributed by atoms with Gasteiger partial charge in [0, 0.05) is 23.8 Å². The molecular weight excluding hydrogens is 375 g/mol. The van der Waals surface area contributed by atoms with Crippen LogP contribution >= 0.6 is 23.2 Å². The largest absolute Gasteiger partial charge is 0.497 e. The maximum atomic E-state index is 12.8. The number of amides is 2. The number of methoxy groups -OCH3 is 1. The van der Waals surface area contributed by atoms with E-state index in [9.17, 15) is 9.59 Å². The van der Waals surface area contributed by atoms with E-state index in [0.29, 0.717) is 23.7 Å². The molecule has 7 heteroatoms. The molecule has 3 rings (SSSR count). The number of hydrogen-bond acceptors (Lipinski definition) is 3. The second-order valence-electron chi connectivity index (χ2n) is 5.99. The molecule has 1 heterocycles. The summed E-state index contributed by atoms with van der Waals surface area (Å²) >= 11 is 12.0. The molecule has 0 aliphatic carbocycles. The molecule has 2 aromatic carbocycles. The van der Waals surface area contributed by atoms with Crippen molar-refractivity contribution >= 4 is 40.7 Å². The van der Waals surface area contributed by atoms with Crippen molar-refractivity contribution in [3.05, 3.63) is 58.1 Å². The Kier molecular flexibility index (Phi) is 5.39. The van der Waals surface area contributed by atoms with Crippen LogP contribution in [0.15, 0.2) is 42.5 Å². The highest BCUT2D eigenvalue weighted by Crippen LogP contribution is 2.26. The third kappa shape index (κ3) is 3.50. The average Bonchev–Trinajstić information content (AvgIpc) is 2.63. The predicted molar refractivity (Wildman–Crippen MR) is 102 cm³/mol. The van der Waals surface area contributed by atoms with Gasteiger partial charge in [-0.2, -0.15) is 0 Å². The Morgan fingerprint density at radius 1 is 1.12 bits per heavy atom. The van der Waals surface area contributed by atoms with E-state index in [4.69, 9.17) is 27.9 Å². The summed E-state index contributed by atoms with van der Waals surface area (Å²) < 4.78 is 5.14. The standard InChI is InChI=1S/C19H18Cl2N2O3/c1-12-18(24)23(14-4-6-15(26-2)7-5-14)10-9-22(12)19(25)16-8-3-13(20)11-17(16)21/h3-8,11-12H,9-10H2,1-2H3. The second kappa shape index (κ2) is 7.56. The Bertz CT molecular complexity index is 839. The molecule has 136 valence electrons. The van der Waals surface area contributed by atoms with Crippen molar-refractivity contribution in [1.29, 1.82) is 0 Å². The Balaban J connectivity index is 1.79. The van der Waals surface area contributed by atoms with Crippen LogP contribution in [-0.4, -0.2) is 43.0 Å². The van der Waals surface area contributed by atoms with Crippen LogP contribution in [-0.2, 0) is 4.79 Å². The van der Waals surface area contributed by atoms with Crippen molar-refractivity contribution in [2.75, 3.05) is 25.1 Å². The minimum atomic E-state index is -0.593. The van der Waals surface area contributed by atoms with Gasteiger partial charge in [0.15, 0.2) is 0 Å². The molecule has 0 aromatic heterocycles. The van der Waals surface area contributed by atoms with Crippen molar-refractivity contribution in [3.63, 3.8) is 0 Å². The first kappa shape index (κ1) is 18.5. The molecule has 2 aromatic rings. The summed E-state index contributed by atoms with van der Waals surface area (Å²) in [5.41, 5.74) is 1.12. The molecule has 1 unspecified atom stereocenters. The van der Waals surface area contributed by atoms with Crippen LogP contribution in [0.5, 0.6) is 5.75 Å². The lowest BCUT2D eigenvalue weighted by molar-refractivity contribution is -0.124. The molecule has 5 nitrogen and oxygen atoms in total. The van der Waals surface area contributed by atoms with E-state index < -0.39 is 6.04 Å². The lowest BCUT2D eigenvalue weighted by Gasteiger charge is -2.39. The molecule has 1 aliphatic rings. The number of anilines is 1. The summed E-state index contributed by atoms with van der Waals surface area (Å²) in [5, 5.41) is 0.736. The average molecular weight is 393 g/mol. The Labute approximate surface area is 162 Å². The number of hydrogen-bond donors (Lipinski definition) is 0. The molecule has 0 N–H and O–H groups in total. The summed E-state index contributed by atoms with van der Waals surface area (Å²) in [6, 6.07) is 11.4. The number of nitrogens with zero attached hydrogens (tertiary/aromatic N) is 2. The zero-order valence-corrected chi connectivity index (χ0v) is 15.9. The number of ether oxygens (including phenoxy) is 1. The first-order chi connectivity index (χ1) is 12.4. The van der Waals surface area contributed by atoms with Crippen LogP contribution in [0.4, 0.5) is 5.69 Å².